The van der Waals surface area contributed by atoms with E-state index in [1.165, 1.54) is 22.8 Å². The van der Waals surface area contributed by atoms with Gasteiger partial charge in [-0.05, 0) is 41.5 Å². The van der Waals surface area contributed by atoms with Crippen LogP contribution in [0.15, 0.2) is 65.6 Å². The summed E-state index contributed by atoms with van der Waals surface area (Å²) < 4.78 is 14.8. The summed E-state index contributed by atoms with van der Waals surface area (Å²) in [5.74, 6) is -0.761. The average molecular weight is 330 g/mol. The minimum atomic E-state index is -0.509. The Morgan fingerprint density at radius 3 is 2.57 bits per heavy atom. The minimum Gasteiger partial charge on any atom is -0.503 e. The summed E-state index contributed by atoms with van der Waals surface area (Å²) in [5.41, 5.74) is 1.46. The van der Waals surface area contributed by atoms with Crippen molar-refractivity contribution in [2.75, 3.05) is 0 Å². The van der Waals surface area contributed by atoms with Crippen LogP contribution in [0.1, 0.15) is 5.56 Å². The Hall–Kier alpha value is -2.59. The molecule has 0 aliphatic carbocycles. The van der Waals surface area contributed by atoms with Crippen LogP contribution in [0.2, 0.25) is 5.02 Å². The molecule has 3 nitrogen and oxygen atoms in total. The quantitative estimate of drug-likeness (QED) is 0.787. The van der Waals surface area contributed by atoms with Crippen molar-refractivity contribution in [3.05, 3.63) is 87.6 Å². The van der Waals surface area contributed by atoms with Crippen LogP contribution in [0.3, 0.4) is 0 Å². The number of hydrogen-bond donors (Lipinski definition) is 1. The smallest absolute Gasteiger partial charge is 0.292 e. The normalized spacial score (nSPS) is 10.7. The number of benzene rings is 2. The maximum atomic E-state index is 13.4. The predicted molar refractivity (Wildman–Crippen MR) is 88.3 cm³/mol. The Labute approximate surface area is 137 Å². The van der Waals surface area contributed by atoms with Crippen LogP contribution < -0.4 is 5.56 Å². The summed E-state index contributed by atoms with van der Waals surface area (Å²) in [7, 11) is 0. The van der Waals surface area contributed by atoms with Crippen molar-refractivity contribution in [3.8, 4) is 16.9 Å². The van der Waals surface area contributed by atoms with Gasteiger partial charge in [-0.25, -0.2) is 4.39 Å². The van der Waals surface area contributed by atoms with Gasteiger partial charge in [-0.3, -0.25) is 4.79 Å². The van der Waals surface area contributed by atoms with Crippen LogP contribution in [0, 0.1) is 5.82 Å². The Balaban J connectivity index is 2.05. The van der Waals surface area contributed by atoms with E-state index < -0.39 is 5.56 Å². The molecule has 3 aromatic rings. The number of aromatic hydroxyl groups is 1. The molecule has 0 aliphatic heterocycles. The summed E-state index contributed by atoms with van der Waals surface area (Å²) in [6, 6.07) is 14.4. The largest absolute Gasteiger partial charge is 0.503 e. The van der Waals surface area contributed by atoms with Crippen molar-refractivity contribution in [1.29, 1.82) is 0 Å². The van der Waals surface area contributed by atoms with Gasteiger partial charge in [0.15, 0.2) is 5.75 Å². The molecule has 0 fully saturated rings. The molecule has 1 N–H and O–H groups in total. The van der Waals surface area contributed by atoms with Gasteiger partial charge in [-0.15, -0.1) is 0 Å². The molecule has 0 unspecified atom stereocenters. The van der Waals surface area contributed by atoms with Crippen LogP contribution in [0.5, 0.6) is 5.75 Å². The maximum Gasteiger partial charge on any atom is 0.292 e. The third-order valence-corrected chi connectivity index (χ3v) is 3.70. The fourth-order valence-electron chi connectivity index (χ4n) is 2.40. The topological polar surface area (TPSA) is 42.2 Å². The number of rotatable bonds is 3. The van der Waals surface area contributed by atoms with Crippen molar-refractivity contribution in [1.82, 2.24) is 4.57 Å². The average Bonchev–Trinajstić information content (AvgIpc) is 2.51. The zero-order chi connectivity index (χ0) is 16.4. The lowest BCUT2D eigenvalue weighted by Gasteiger charge is -2.10. The van der Waals surface area contributed by atoms with Gasteiger partial charge in [0, 0.05) is 16.8 Å². The first-order valence-corrected chi connectivity index (χ1v) is 7.34. The van der Waals surface area contributed by atoms with E-state index in [-0.39, 0.29) is 18.1 Å². The summed E-state index contributed by atoms with van der Waals surface area (Å²) in [4.78, 5) is 12.1. The number of pyridine rings is 1. The summed E-state index contributed by atoms with van der Waals surface area (Å²) in [6.07, 6.45) is 1.59. The van der Waals surface area contributed by atoms with Crippen molar-refractivity contribution < 1.29 is 9.50 Å². The standard InChI is InChI=1S/C18H13ClFNO2/c19-15-5-1-3-12(7-15)10-21-11-14(9-17(22)18(21)23)13-4-2-6-16(20)8-13/h1-9,11,22H,10H2. The third kappa shape index (κ3) is 3.43. The third-order valence-electron chi connectivity index (χ3n) is 3.47. The lowest BCUT2D eigenvalue weighted by atomic mass is 10.1. The molecule has 0 spiro atoms. The molecule has 0 saturated heterocycles. The van der Waals surface area contributed by atoms with Crippen molar-refractivity contribution in [2.45, 2.75) is 6.54 Å². The second-order valence-corrected chi connectivity index (χ2v) is 5.62. The van der Waals surface area contributed by atoms with E-state index >= 15 is 0 Å². The monoisotopic (exact) mass is 329 g/mol. The van der Waals surface area contributed by atoms with Crippen LogP contribution in [0.4, 0.5) is 4.39 Å². The molecule has 0 bridgehead atoms. The van der Waals surface area contributed by atoms with Crippen molar-refractivity contribution in [3.63, 3.8) is 0 Å². The van der Waals surface area contributed by atoms with Gasteiger partial charge >= 0.3 is 0 Å². The first kappa shape index (κ1) is 15.3. The van der Waals surface area contributed by atoms with E-state index in [0.717, 1.165) is 5.56 Å². The van der Waals surface area contributed by atoms with Gasteiger partial charge < -0.3 is 9.67 Å². The maximum absolute atomic E-state index is 13.4. The number of hydrogen-bond acceptors (Lipinski definition) is 2. The lowest BCUT2D eigenvalue weighted by Crippen LogP contribution is -2.19. The van der Waals surface area contributed by atoms with E-state index in [1.807, 2.05) is 6.07 Å². The Kier molecular flexibility index (Phi) is 4.17. The highest BCUT2D eigenvalue weighted by atomic mass is 35.5. The Bertz CT molecular complexity index is 921. The van der Waals surface area contributed by atoms with Gasteiger partial charge in [0.05, 0.1) is 6.54 Å². The van der Waals surface area contributed by atoms with E-state index in [4.69, 9.17) is 11.6 Å². The second-order valence-electron chi connectivity index (χ2n) is 5.19. The Morgan fingerprint density at radius 2 is 1.83 bits per heavy atom. The van der Waals surface area contributed by atoms with E-state index in [1.54, 1.807) is 36.5 Å². The van der Waals surface area contributed by atoms with Crippen LogP contribution in [-0.4, -0.2) is 9.67 Å². The molecule has 0 radical (unpaired) electrons. The first-order chi connectivity index (χ1) is 11.0. The fourth-order valence-corrected chi connectivity index (χ4v) is 2.61. The molecule has 1 aromatic heterocycles. The van der Waals surface area contributed by atoms with Gasteiger partial charge in [0.25, 0.3) is 5.56 Å². The molecule has 0 atom stereocenters. The van der Waals surface area contributed by atoms with E-state index in [0.29, 0.717) is 16.1 Å². The van der Waals surface area contributed by atoms with Gasteiger partial charge in [-0.1, -0.05) is 35.9 Å². The molecule has 2 aromatic carbocycles. The van der Waals surface area contributed by atoms with Gasteiger partial charge in [0.2, 0.25) is 0 Å². The van der Waals surface area contributed by atoms with Crippen LogP contribution in [-0.2, 0) is 6.54 Å². The molecule has 5 heteroatoms. The molecular formula is C18H13ClFNO2. The molecule has 116 valence electrons. The molecule has 0 amide bonds. The van der Waals surface area contributed by atoms with Crippen LogP contribution >= 0.6 is 11.6 Å². The second kappa shape index (κ2) is 6.26. The molecule has 1 heterocycles. The fraction of sp³-hybridized carbons (Fsp3) is 0.0556. The van der Waals surface area contributed by atoms with Gasteiger partial charge in [-0.2, -0.15) is 0 Å². The van der Waals surface area contributed by atoms with E-state index in [9.17, 15) is 14.3 Å². The minimum absolute atomic E-state index is 0.260. The van der Waals surface area contributed by atoms with Crippen molar-refractivity contribution >= 4 is 11.6 Å². The summed E-state index contributed by atoms with van der Waals surface area (Å²) in [6.45, 7) is 0.260. The SMILES string of the molecule is O=c1c(O)cc(-c2cccc(F)c2)cn1Cc1cccc(Cl)c1. The predicted octanol–water partition coefficient (Wildman–Crippen LogP) is 4.06. The molecule has 0 saturated carbocycles. The highest BCUT2D eigenvalue weighted by Gasteiger charge is 2.09. The molecule has 3 rings (SSSR count). The molecule has 23 heavy (non-hydrogen) atoms. The zero-order valence-electron chi connectivity index (χ0n) is 12.0. The number of halogens is 2. The lowest BCUT2D eigenvalue weighted by molar-refractivity contribution is 0.459. The first-order valence-electron chi connectivity index (χ1n) is 6.97. The highest BCUT2D eigenvalue weighted by Crippen LogP contribution is 2.22. The molecule has 0 aliphatic rings. The Morgan fingerprint density at radius 1 is 1.04 bits per heavy atom. The van der Waals surface area contributed by atoms with Gasteiger partial charge in [0.1, 0.15) is 5.82 Å². The number of nitrogens with zero attached hydrogens (tertiary/aromatic N) is 1. The summed E-state index contributed by atoms with van der Waals surface area (Å²) in [5, 5.41) is 10.5. The number of aromatic nitrogens is 1. The molecular weight excluding hydrogens is 317 g/mol. The highest BCUT2D eigenvalue weighted by molar-refractivity contribution is 6.30. The van der Waals surface area contributed by atoms with Crippen molar-refractivity contribution in [2.24, 2.45) is 0 Å². The summed E-state index contributed by atoms with van der Waals surface area (Å²) >= 11 is 5.95. The zero-order valence-corrected chi connectivity index (χ0v) is 12.8. The van der Waals surface area contributed by atoms with E-state index in [2.05, 4.69) is 0 Å². The van der Waals surface area contributed by atoms with Crippen LogP contribution in [0.25, 0.3) is 11.1 Å².